The van der Waals surface area contributed by atoms with Crippen LogP contribution in [0, 0.1) is 6.92 Å². The first-order valence-electron chi connectivity index (χ1n) is 3.79. The van der Waals surface area contributed by atoms with Crippen molar-refractivity contribution in [1.29, 1.82) is 0 Å². The summed E-state index contributed by atoms with van der Waals surface area (Å²) in [6, 6.07) is 6.65. The second kappa shape index (κ2) is 2.55. The van der Waals surface area contributed by atoms with Crippen LogP contribution in [-0.4, -0.2) is 0 Å². The summed E-state index contributed by atoms with van der Waals surface area (Å²) in [7, 11) is 0. The second-order valence-corrected chi connectivity index (χ2v) is 2.85. The Morgan fingerprint density at radius 2 is 1.92 bits per heavy atom. The molecule has 0 spiro atoms. The van der Waals surface area contributed by atoms with Crippen molar-refractivity contribution in [3.05, 3.63) is 43.0 Å². The predicted octanol–water partition coefficient (Wildman–Crippen LogP) is 3.36. The Kier molecular flexibility index (Phi) is 1.62. The highest BCUT2D eigenvalue weighted by Gasteiger charge is 2.28. The molecule has 0 unspecified atom stereocenters. The van der Waals surface area contributed by atoms with Crippen LogP contribution in [0.15, 0.2) is 34.9 Å². The van der Waals surface area contributed by atoms with E-state index in [1.807, 2.05) is 0 Å². The number of benzene rings is 1. The van der Waals surface area contributed by atoms with E-state index in [9.17, 15) is 8.78 Å². The number of hydrogen-bond acceptors (Lipinski definition) is 1. The maximum absolute atomic E-state index is 12.8. The summed E-state index contributed by atoms with van der Waals surface area (Å²) >= 11 is 0. The average molecular weight is 181 g/mol. The van der Waals surface area contributed by atoms with E-state index >= 15 is 0 Å². The molecule has 0 aliphatic heterocycles. The molecule has 0 N–H and O–H groups in total. The van der Waals surface area contributed by atoms with E-state index in [0.717, 1.165) is 6.26 Å². The van der Waals surface area contributed by atoms with Crippen LogP contribution in [-0.2, 0) is 5.92 Å². The number of hydrogen-bond donors (Lipinski definition) is 0. The van der Waals surface area contributed by atoms with Gasteiger partial charge in [0.15, 0.2) is 0 Å². The van der Waals surface area contributed by atoms with Crippen molar-refractivity contribution in [1.82, 2.24) is 0 Å². The number of rotatable bonds is 1. The minimum absolute atomic E-state index is 0.164. The Labute approximate surface area is 74.0 Å². The molecule has 0 atom stereocenters. The third kappa shape index (κ3) is 1.30. The molecule has 1 aromatic carbocycles. The smallest absolute Gasteiger partial charge is 0.277 e. The lowest BCUT2D eigenvalue weighted by atomic mass is 10.1. The van der Waals surface area contributed by atoms with E-state index in [4.69, 9.17) is 4.42 Å². The van der Waals surface area contributed by atoms with Crippen LogP contribution >= 0.6 is 0 Å². The third-order valence-electron chi connectivity index (χ3n) is 1.88. The molecule has 1 radical (unpaired) electrons. The average Bonchev–Trinajstić information content (AvgIpc) is 2.45. The van der Waals surface area contributed by atoms with E-state index in [0.29, 0.717) is 11.0 Å². The highest BCUT2D eigenvalue weighted by Crippen LogP contribution is 2.33. The molecule has 13 heavy (non-hydrogen) atoms. The van der Waals surface area contributed by atoms with Gasteiger partial charge in [-0.05, 0) is 6.07 Å². The molecule has 0 saturated carbocycles. The van der Waals surface area contributed by atoms with Gasteiger partial charge in [-0.15, -0.1) is 0 Å². The quantitative estimate of drug-likeness (QED) is 0.657. The third-order valence-corrected chi connectivity index (χ3v) is 1.88. The molecule has 0 aliphatic rings. The van der Waals surface area contributed by atoms with Gasteiger partial charge in [0.1, 0.15) is 11.8 Å². The Morgan fingerprint density at radius 3 is 2.62 bits per heavy atom. The summed E-state index contributed by atoms with van der Waals surface area (Å²) in [5, 5.41) is 0.419. The fourth-order valence-electron chi connectivity index (χ4n) is 1.26. The molecule has 0 fully saturated rings. The van der Waals surface area contributed by atoms with Gasteiger partial charge in [0.25, 0.3) is 5.92 Å². The fraction of sp³-hybridized carbons (Fsp3) is 0.100. The topological polar surface area (TPSA) is 13.1 Å². The molecule has 0 aliphatic carbocycles. The molecule has 67 valence electrons. The summed E-state index contributed by atoms with van der Waals surface area (Å²) in [6.07, 6.45) is 1.05. The van der Waals surface area contributed by atoms with Crippen LogP contribution < -0.4 is 0 Å². The first kappa shape index (κ1) is 8.23. The molecule has 2 rings (SSSR count). The molecular weight excluding hydrogens is 174 g/mol. The van der Waals surface area contributed by atoms with Crippen molar-refractivity contribution in [2.75, 3.05) is 0 Å². The first-order valence-corrected chi connectivity index (χ1v) is 3.79. The van der Waals surface area contributed by atoms with Gasteiger partial charge in [0, 0.05) is 12.3 Å². The highest BCUT2D eigenvalue weighted by atomic mass is 19.3. The SMILES string of the molecule is [CH2]C(F)(F)c1coc2ccccc12. The standard InChI is InChI=1S/C10H7F2O/c1-10(11,12)8-6-13-9-5-3-2-4-7(8)9/h2-6H,1H2. The zero-order valence-corrected chi connectivity index (χ0v) is 6.76. The number of furan rings is 1. The molecule has 0 saturated heterocycles. The molecular formula is C10H7F2O. The summed E-state index contributed by atoms with van der Waals surface area (Å²) in [4.78, 5) is 0. The van der Waals surface area contributed by atoms with E-state index in [-0.39, 0.29) is 5.56 Å². The Bertz CT molecular complexity index is 426. The van der Waals surface area contributed by atoms with Crippen molar-refractivity contribution in [3.8, 4) is 0 Å². The van der Waals surface area contributed by atoms with Crippen LogP contribution in [0.5, 0.6) is 0 Å². The summed E-state index contributed by atoms with van der Waals surface area (Å²) in [5.41, 5.74) is 0.295. The minimum atomic E-state index is -3.09. The number of fused-ring (bicyclic) bond motifs is 1. The second-order valence-electron chi connectivity index (χ2n) is 2.85. The normalized spacial score (nSPS) is 12.2. The van der Waals surface area contributed by atoms with Gasteiger partial charge in [0.2, 0.25) is 0 Å². The van der Waals surface area contributed by atoms with Gasteiger partial charge in [-0.3, -0.25) is 0 Å². The van der Waals surface area contributed by atoms with Crippen molar-refractivity contribution in [3.63, 3.8) is 0 Å². The summed E-state index contributed by atoms with van der Waals surface area (Å²) in [5.74, 6) is -3.09. The zero-order valence-electron chi connectivity index (χ0n) is 6.76. The van der Waals surface area contributed by atoms with E-state index < -0.39 is 5.92 Å². The van der Waals surface area contributed by atoms with Crippen LogP contribution in [0.1, 0.15) is 5.56 Å². The minimum Gasteiger partial charge on any atom is -0.464 e. The van der Waals surface area contributed by atoms with Crippen molar-refractivity contribution >= 4 is 11.0 Å². The predicted molar refractivity (Wildman–Crippen MR) is 45.5 cm³/mol. The molecule has 3 heteroatoms. The monoisotopic (exact) mass is 181 g/mol. The zero-order chi connectivity index (χ0) is 9.47. The molecule has 1 heterocycles. The first-order chi connectivity index (χ1) is 6.09. The van der Waals surface area contributed by atoms with Crippen molar-refractivity contribution in [2.24, 2.45) is 0 Å². The summed E-state index contributed by atoms with van der Waals surface area (Å²) in [6.45, 7) is 2.77. The lowest BCUT2D eigenvalue weighted by Crippen LogP contribution is -2.05. The van der Waals surface area contributed by atoms with Gasteiger partial charge in [0.05, 0.1) is 5.56 Å². The van der Waals surface area contributed by atoms with Gasteiger partial charge in [-0.25, -0.2) is 8.78 Å². The lowest BCUT2D eigenvalue weighted by Gasteiger charge is -2.06. The molecule has 1 aromatic heterocycles. The van der Waals surface area contributed by atoms with Crippen LogP contribution in [0.3, 0.4) is 0 Å². The van der Waals surface area contributed by atoms with E-state index in [2.05, 4.69) is 6.92 Å². The Balaban J connectivity index is 2.72. The van der Waals surface area contributed by atoms with E-state index in [1.165, 1.54) is 0 Å². The van der Waals surface area contributed by atoms with Gasteiger partial charge in [-0.1, -0.05) is 18.2 Å². The van der Waals surface area contributed by atoms with Gasteiger partial charge in [-0.2, -0.15) is 0 Å². The van der Waals surface area contributed by atoms with E-state index in [1.54, 1.807) is 24.3 Å². The van der Waals surface area contributed by atoms with Crippen LogP contribution in [0.4, 0.5) is 8.78 Å². The molecule has 0 amide bonds. The fourth-order valence-corrected chi connectivity index (χ4v) is 1.26. The largest absolute Gasteiger partial charge is 0.464 e. The lowest BCUT2D eigenvalue weighted by molar-refractivity contribution is 0.0494. The van der Waals surface area contributed by atoms with Crippen molar-refractivity contribution in [2.45, 2.75) is 5.92 Å². The number of halogens is 2. The summed E-state index contributed by atoms with van der Waals surface area (Å²) < 4.78 is 30.6. The Hall–Kier alpha value is -1.38. The number of alkyl halides is 2. The molecule has 0 bridgehead atoms. The van der Waals surface area contributed by atoms with Crippen molar-refractivity contribution < 1.29 is 13.2 Å². The maximum atomic E-state index is 12.8. The van der Waals surface area contributed by atoms with Crippen LogP contribution in [0.25, 0.3) is 11.0 Å². The number of para-hydroxylation sites is 1. The van der Waals surface area contributed by atoms with Gasteiger partial charge < -0.3 is 4.42 Å². The highest BCUT2D eigenvalue weighted by molar-refractivity contribution is 5.81. The molecule has 1 nitrogen and oxygen atoms in total. The van der Waals surface area contributed by atoms with Crippen LogP contribution in [0.2, 0.25) is 0 Å². The Morgan fingerprint density at radius 1 is 1.23 bits per heavy atom. The maximum Gasteiger partial charge on any atom is 0.277 e. The van der Waals surface area contributed by atoms with Gasteiger partial charge >= 0.3 is 0 Å². The molecule has 2 aromatic rings.